The van der Waals surface area contributed by atoms with Crippen LogP contribution in [0.15, 0.2) is 108 Å². The van der Waals surface area contributed by atoms with E-state index in [1.165, 1.54) is 29.8 Å². The van der Waals surface area contributed by atoms with Crippen molar-refractivity contribution in [1.29, 1.82) is 5.26 Å². The number of Topliss-reactive ketones (excluding diaryl/α,β-unsaturated/α-hetero) is 1. The van der Waals surface area contributed by atoms with Gasteiger partial charge in [-0.1, -0.05) is 60.3 Å². The van der Waals surface area contributed by atoms with Gasteiger partial charge < -0.3 is 9.47 Å². The molecular weight excluding hydrogens is 639 g/mol. The molecule has 4 aromatic carbocycles. The maximum Gasteiger partial charge on any atom is 0.338 e. The molecule has 2 amide bonds. The molecule has 10 heteroatoms. The van der Waals surface area contributed by atoms with E-state index in [9.17, 15) is 24.4 Å². The van der Waals surface area contributed by atoms with Crippen molar-refractivity contribution in [2.24, 2.45) is 0 Å². The van der Waals surface area contributed by atoms with Gasteiger partial charge in [0.15, 0.2) is 12.4 Å². The molecule has 9 nitrogen and oxygen atoms in total. The summed E-state index contributed by atoms with van der Waals surface area (Å²) >= 11 is 1.06. The molecule has 2 aliphatic rings. The number of thioether (sulfide) groups is 1. The van der Waals surface area contributed by atoms with Crippen molar-refractivity contribution in [3.63, 3.8) is 0 Å². The quantitative estimate of drug-likeness (QED) is 0.0946. The summed E-state index contributed by atoms with van der Waals surface area (Å²) in [6.45, 7) is -0.425. The Hall–Kier alpha value is -6.05. The second-order valence-electron chi connectivity index (χ2n) is 11.5. The number of para-hydroxylation sites is 1. The van der Waals surface area contributed by atoms with Gasteiger partial charge >= 0.3 is 5.97 Å². The van der Waals surface area contributed by atoms with Gasteiger partial charge in [0, 0.05) is 17.5 Å². The van der Waals surface area contributed by atoms with Crippen molar-refractivity contribution in [2.45, 2.75) is 23.1 Å². The van der Waals surface area contributed by atoms with Crippen LogP contribution in [0.2, 0.25) is 0 Å². The molecule has 1 aromatic heterocycles. The molecule has 0 spiro atoms. The normalized spacial score (nSPS) is 14.6. The molecular formula is C39H27N3O6S. The molecule has 1 atom stereocenters. The number of nitrogens with zero attached hydrogens (tertiary/aromatic N) is 3. The van der Waals surface area contributed by atoms with Crippen LogP contribution >= 0.6 is 11.8 Å². The lowest BCUT2D eigenvalue weighted by Gasteiger charge is -2.16. The molecule has 1 aliphatic heterocycles. The fourth-order valence-corrected chi connectivity index (χ4v) is 7.18. The molecule has 0 N–H and O–H groups in total. The molecule has 49 heavy (non-hydrogen) atoms. The number of hydrogen-bond donors (Lipinski definition) is 0. The highest BCUT2D eigenvalue weighted by Crippen LogP contribution is 2.38. The number of benzene rings is 4. The number of aromatic nitrogens is 1. The molecule has 7 rings (SSSR count). The highest BCUT2D eigenvalue weighted by Gasteiger charge is 2.41. The minimum atomic E-state index is -0.802. The van der Waals surface area contributed by atoms with Crippen molar-refractivity contribution in [3.05, 3.63) is 131 Å². The summed E-state index contributed by atoms with van der Waals surface area (Å²) in [5.74, 6) is -1.28. The summed E-state index contributed by atoms with van der Waals surface area (Å²) in [5, 5.41) is 9.25. The number of ketones is 1. The number of anilines is 1. The lowest BCUT2D eigenvalue weighted by Crippen LogP contribution is -2.31. The van der Waals surface area contributed by atoms with Crippen molar-refractivity contribution in [2.75, 3.05) is 18.6 Å². The number of carbonyl (C=O) groups is 4. The third-order valence-electron chi connectivity index (χ3n) is 8.53. The smallest absolute Gasteiger partial charge is 0.338 e. The van der Waals surface area contributed by atoms with Gasteiger partial charge in [-0.05, 0) is 83.3 Å². The summed E-state index contributed by atoms with van der Waals surface area (Å²) in [5.41, 5.74) is 7.04. The Balaban J connectivity index is 0.997. The number of rotatable bonds is 9. The molecule has 1 saturated heterocycles. The van der Waals surface area contributed by atoms with Crippen molar-refractivity contribution >= 4 is 41.0 Å². The summed E-state index contributed by atoms with van der Waals surface area (Å²) in [6.07, 6.45) is 0.657. The van der Waals surface area contributed by atoms with Crippen molar-refractivity contribution < 1.29 is 28.7 Å². The van der Waals surface area contributed by atoms with Crippen LogP contribution in [0.25, 0.3) is 22.4 Å². The number of methoxy groups -OCH3 is 1. The summed E-state index contributed by atoms with van der Waals surface area (Å²) in [6, 6.07) is 32.3. The van der Waals surface area contributed by atoms with Gasteiger partial charge in [-0.15, -0.1) is 0 Å². The number of esters is 1. The van der Waals surface area contributed by atoms with E-state index in [1.54, 1.807) is 31.4 Å². The lowest BCUT2D eigenvalue weighted by atomic mass is 10.0. The second-order valence-corrected chi connectivity index (χ2v) is 12.7. The summed E-state index contributed by atoms with van der Waals surface area (Å²) < 4.78 is 10.8. The number of nitriles is 1. The van der Waals surface area contributed by atoms with Crippen LogP contribution in [-0.4, -0.2) is 47.5 Å². The fourth-order valence-electron chi connectivity index (χ4n) is 6.09. The largest absolute Gasteiger partial charge is 0.496 e. The summed E-state index contributed by atoms with van der Waals surface area (Å²) in [7, 11) is 1.56. The predicted molar refractivity (Wildman–Crippen MR) is 183 cm³/mol. The van der Waals surface area contributed by atoms with Gasteiger partial charge in [-0.3, -0.25) is 14.4 Å². The number of ether oxygens (including phenoxy) is 2. The fraction of sp³-hybridized carbons (Fsp3) is 0.128. The Morgan fingerprint density at radius 3 is 2.37 bits per heavy atom. The Bertz CT molecular complexity index is 2210. The number of fused-ring (bicyclic) bond motifs is 3. The zero-order valence-electron chi connectivity index (χ0n) is 26.2. The lowest BCUT2D eigenvalue weighted by molar-refractivity contribution is -0.121. The molecule has 2 heterocycles. The van der Waals surface area contributed by atoms with Crippen LogP contribution in [-0.2, 0) is 20.7 Å². The molecule has 1 fully saturated rings. The standard InChI is InChI=1S/C39H27N3O6S/c1-47-34-9-5-4-8-31(34)32-17-13-26(21-40)37(41-32)49-35-20-36(44)42(38(35)45)28-14-10-23(11-15-28)39(46)48-22-33(43)25-12-16-30-27(19-25)18-24-6-2-3-7-29(24)30/h2-17,19,35H,18,20,22H2,1H3. The summed E-state index contributed by atoms with van der Waals surface area (Å²) in [4.78, 5) is 57.9. The first-order valence-corrected chi connectivity index (χ1v) is 16.3. The Labute approximate surface area is 286 Å². The van der Waals surface area contributed by atoms with Gasteiger partial charge in [0.05, 0.1) is 34.9 Å². The molecule has 240 valence electrons. The van der Waals surface area contributed by atoms with Crippen molar-refractivity contribution in [1.82, 2.24) is 4.98 Å². The van der Waals surface area contributed by atoms with E-state index in [2.05, 4.69) is 23.2 Å². The van der Waals surface area contributed by atoms with Gasteiger partial charge in [0.25, 0.3) is 0 Å². The number of hydrogen-bond acceptors (Lipinski definition) is 9. The van der Waals surface area contributed by atoms with Gasteiger partial charge in [-0.25, -0.2) is 14.7 Å². The van der Waals surface area contributed by atoms with Crippen LogP contribution < -0.4 is 9.64 Å². The number of imide groups is 1. The first kappa shape index (κ1) is 31.5. The number of carbonyl (C=O) groups excluding carboxylic acids is 4. The predicted octanol–water partition coefficient (Wildman–Crippen LogP) is 6.66. The third-order valence-corrected chi connectivity index (χ3v) is 9.72. The van der Waals surface area contributed by atoms with E-state index < -0.39 is 29.6 Å². The monoisotopic (exact) mass is 665 g/mol. The SMILES string of the molecule is COc1ccccc1-c1ccc(C#N)c(SC2CC(=O)N(c3ccc(C(=O)OCC(=O)c4ccc5c(c4)Cc4ccccc4-5)cc3)C2=O)n1. The topological polar surface area (TPSA) is 127 Å². The van der Waals surface area contributed by atoms with E-state index in [0.717, 1.165) is 45.3 Å². The van der Waals surface area contributed by atoms with Gasteiger partial charge in [-0.2, -0.15) is 5.26 Å². The molecule has 5 aromatic rings. The van der Waals surface area contributed by atoms with Crippen LogP contribution in [0.1, 0.15) is 43.8 Å². The van der Waals surface area contributed by atoms with Crippen LogP contribution in [0, 0.1) is 11.3 Å². The van der Waals surface area contributed by atoms with E-state index in [0.29, 0.717) is 27.7 Å². The van der Waals surface area contributed by atoms with E-state index in [-0.39, 0.29) is 23.3 Å². The molecule has 0 saturated carbocycles. The Morgan fingerprint density at radius 1 is 0.878 bits per heavy atom. The first-order chi connectivity index (χ1) is 23.8. The van der Waals surface area contributed by atoms with Gasteiger partial charge in [0.2, 0.25) is 11.8 Å². The number of amides is 2. The highest BCUT2D eigenvalue weighted by molar-refractivity contribution is 8.00. The minimum Gasteiger partial charge on any atom is -0.496 e. The Kier molecular flexibility index (Phi) is 8.51. The second kappa shape index (κ2) is 13.2. The first-order valence-electron chi connectivity index (χ1n) is 15.4. The molecule has 1 unspecified atom stereocenters. The maximum absolute atomic E-state index is 13.5. The molecule has 0 bridgehead atoms. The highest BCUT2D eigenvalue weighted by atomic mass is 32.2. The third kappa shape index (κ3) is 6.08. The van der Waals surface area contributed by atoms with E-state index in [4.69, 9.17) is 9.47 Å². The van der Waals surface area contributed by atoms with Crippen molar-refractivity contribution in [3.8, 4) is 34.2 Å². The van der Waals surface area contributed by atoms with E-state index in [1.807, 2.05) is 42.5 Å². The zero-order valence-corrected chi connectivity index (χ0v) is 27.0. The molecule has 1 aliphatic carbocycles. The maximum atomic E-state index is 13.5. The number of pyridine rings is 1. The van der Waals surface area contributed by atoms with Gasteiger partial charge in [0.1, 0.15) is 16.8 Å². The average molecular weight is 666 g/mol. The zero-order chi connectivity index (χ0) is 34.1. The van der Waals surface area contributed by atoms with Crippen LogP contribution in [0.4, 0.5) is 5.69 Å². The average Bonchev–Trinajstić information content (AvgIpc) is 3.65. The minimum absolute atomic E-state index is 0.0877. The Morgan fingerprint density at radius 2 is 1.59 bits per heavy atom. The van der Waals surface area contributed by atoms with Crippen LogP contribution in [0.3, 0.4) is 0 Å². The van der Waals surface area contributed by atoms with Crippen LogP contribution in [0.5, 0.6) is 5.75 Å². The van der Waals surface area contributed by atoms with E-state index >= 15 is 0 Å². The molecule has 0 radical (unpaired) electrons.